The molecule has 104 valence electrons. The van der Waals surface area contributed by atoms with Crippen LogP contribution in [0.25, 0.3) is 0 Å². The van der Waals surface area contributed by atoms with Crippen LogP contribution in [0.5, 0.6) is 0 Å². The van der Waals surface area contributed by atoms with Crippen molar-refractivity contribution in [3.63, 3.8) is 0 Å². The second-order valence-corrected chi connectivity index (χ2v) is 7.72. The summed E-state index contributed by atoms with van der Waals surface area (Å²) in [5.74, 6) is 0.301. The first-order chi connectivity index (χ1) is 8.90. The largest absolute Gasteiger partial charge is 0.294 e. The Morgan fingerprint density at radius 3 is 2.42 bits per heavy atom. The van der Waals surface area contributed by atoms with Gasteiger partial charge in [-0.15, -0.1) is 0 Å². The Balaban J connectivity index is 1.91. The van der Waals surface area contributed by atoms with E-state index >= 15 is 0 Å². The minimum absolute atomic E-state index is 0.107. The van der Waals surface area contributed by atoms with E-state index in [-0.39, 0.29) is 4.90 Å². The summed E-state index contributed by atoms with van der Waals surface area (Å²) in [4.78, 5) is 0.107. The van der Waals surface area contributed by atoms with Gasteiger partial charge in [0.15, 0.2) is 0 Å². The number of benzene rings is 1. The quantitative estimate of drug-likeness (QED) is 0.841. The topological polar surface area (TPSA) is 54.4 Å². The molecule has 1 N–H and O–H groups in total. The van der Waals surface area contributed by atoms with E-state index in [9.17, 15) is 13.0 Å². The van der Waals surface area contributed by atoms with Gasteiger partial charge in [-0.1, -0.05) is 30.5 Å². The molecule has 2 aliphatic rings. The fourth-order valence-electron chi connectivity index (χ4n) is 3.96. The van der Waals surface area contributed by atoms with Crippen LogP contribution in [0.2, 0.25) is 0 Å². The highest BCUT2D eigenvalue weighted by atomic mass is 32.2. The van der Waals surface area contributed by atoms with E-state index in [1.807, 2.05) is 13.0 Å². The molecule has 0 aromatic heterocycles. The number of hydrogen-bond acceptors (Lipinski definition) is 2. The maximum Gasteiger partial charge on any atom is 0.294 e. The normalized spacial score (nSPS) is 22.6. The molecule has 4 heteroatoms. The van der Waals surface area contributed by atoms with E-state index in [1.54, 1.807) is 12.1 Å². The third kappa shape index (κ3) is 2.32. The van der Waals surface area contributed by atoms with E-state index in [0.29, 0.717) is 11.3 Å². The average Bonchev–Trinajstić information content (AvgIpc) is 2.74. The molecule has 2 fully saturated rings. The van der Waals surface area contributed by atoms with Crippen molar-refractivity contribution in [2.75, 3.05) is 0 Å². The number of hydrogen-bond donors (Lipinski definition) is 1. The minimum Gasteiger partial charge on any atom is -0.282 e. The number of rotatable bonds is 2. The molecule has 0 amide bonds. The standard InChI is InChI=1S/C15H20O3S/c1-11-4-5-14(19(16,17)18)13(8-11)12-9-15(10-12)6-2-3-7-15/h4-5,8,12H,2-3,6-7,9-10H2,1H3,(H,16,17,18). The Bertz CT molecular complexity index is 590. The summed E-state index contributed by atoms with van der Waals surface area (Å²) < 4.78 is 32.3. The first-order valence-electron chi connectivity index (χ1n) is 6.98. The van der Waals surface area contributed by atoms with Crippen LogP contribution in [-0.2, 0) is 10.1 Å². The third-order valence-corrected chi connectivity index (χ3v) is 5.83. The van der Waals surface area contributed by atoms with Crippen molar-refractivity contribution in [3.8, 4) is 0 Å². The van der Waals surface area contributed by atoms with E-state index in [1.165, 1.54) is 25.7 Å². The van der Waals surface area contributed by atoms with Gasteiger partial charge in [0.05, 0.1) is 4.90 Å². The summed E-state index contributed by atoms with van der Waals surface area (Å²) >= 11 is 0. The Labute approximate surface area is 114 Å². The van der Waals surface area contributed by atoms with Gasteiger partial charge in [0.1, 0.15) is 0 Å². The van der Waals surface area contributed by atoms with Crippen molar-refractivity contribution in [3.05, 3.63) is 29.3 Å². The fourth-order valence-corrected chi connectivity index (χ4v) is 4.72. The van der Waals surface area contributed by atoms with Gasteiger partial charge in [0.25, 0.3) is 10.1 Å². The predicted molar refractivity (Wildman–Crippen MR) is 73.9 cm³/mol. The molecule has 3 nitrogen and oxygen atoms in total. The summed E-state index contributed by atoms with van der Waals surface area (Å²) in [5.41, 5.74) is 2.35. The van der Waals surface area contributed by atoms with Crippen LogP contribution in [0.15, 0.2) is 23.1 Å². The lowest BCUT2D eigenvalue weighted by Gasteiger charge is -2.46. The minimum atomic E-state index is -4.11. The van der Waals surface area contributed by atoms with Gasteiger partial charge >= 0.3 is 0 Å². The Kier molecular flexibility index (Phi) is 2.98. The maximum absolute atomic E-state index is 11.5. The molecule has 2 aliphatic carbocycles. The molecule has 0 saturated heterocycles. The Hall–Kier alpha value is -0.870. The molecule has 1 aromatic rings. The van der Waals surface area contributed by atoms with Crippen LogP contribution in [0.1, 0.15) is 55.6 Å². The summed E-state index contributed by atoms with van der Waals surface area (Å²) in [6, 6.07) is 5.21. The molecule has 0 heterocycles. The molecular weight excluding hydrogens is 260 g/mol. The maximum atomic E-state index is 11.5. The first kappa shape index (κ1) is 13.1. The van der Waals surface area contributed by atoms with Crippen molar-refractivity contribution in [1.29, 1.82) is 0 Å². The van der Waals surface area contributed by atoms with Crippen molar-refractivity contribution in [2.24, 2.45) is 5.41 Å². The zero-order valence-corrected chi connectivity index (χ0v) is 12.0. The molecule has 2 saturated carbocycles. The molecule has 1 spiro atoms. The highest BCUT2D eigenvalue weighted by molar-refractivity contribution is 7.85. The van der Waals surface area contributed by atoms with Gasteiger partial charge in [-0.05, 0) is 55.6 Å². The molecule has 0 radical (unpaired) electrons. The van der Waals surface area contributed by atoms with Crippen molar-refractivity contribution < 1.29 is 13.0 Å². The smallest absolute Gasteiger partial charge is 0.282 e. The van der Waals surface area contributed by atoms with E-state index in [2.05, 4.69) is 0 Å². The van der Waals surface area contributed by atoms with Gasteiger partial charge in [-0.25, -0.2) is 0 Å². The zero-order valence-electron chi connectivity index (χ0n) is 11.2. The molecule has 0 aliphatic heterocycles. The number of aryl methyl sites for hydroxylation is 1. The lowest BCUT2D eigenvalue weighted by atomic mass is 9.59. The van der Waals surface area contributed by atoms with E-state index < -0.39 is 10.1 Å². The summed E-state index contributed by atoms with van der Waals surface area (Å²) in [7, 11) is -4.11. The lowest BCUT2D eigenvalue weighted by molar-refractivity contribution is 0.108. The zero-order chi connectivity index (χ0) is 13.7. The molecule has 1 aromatic carbocycles. The van der Waals surface area contributed by atoms with E-state index in [0.717, 1.165) is 24.0 Å². The van der Waals surface area contributed by atoms with Crippen molar-refractivity contribution in [1.82, 2.24) is 0 Å². The summed E-state index contributed by atoms with van der Waals surface area (Å²) in [6.07, 6.45) is 7.36. The lowest BCUT2D eigenvalue weighted by Crippen LogP contribution is -2.33. The van der Waals surface area contributed by atoms with Crippen LogP contribution >= 0.6 is 0 Å². The Morgan fingerprint density at radius 2 is 1.84 bits per heavy atom. The van der Waals surface area contributed by atoms with Crippen LogP contribution in [0.3, 0.4) is 0 Å². The van der Waals surface area contributed by atoms with Crippen LogP contribution in [0, 0.1) is 12.3 Å². The third-order valence-electron chi connectivity index (χ3n) is 4.91. The molecule has 0 unspecified atom stereocenters. The van der Waals surface area contributed by atoms with Crippen molar-refractivity contribution >= 4 is 10.1 Å². The van der Waals surface area contributed by atoms with Crippen LogP contribution in [0.4, 0.5) is 0 Å². The fraction of sp³-hybridized carbons (Fsp3) is 0.600. The molecule has 3 rings (SSSR count). The SMILES string of the molecule is Cc1ccc(S(=O)(=O)O)c(C2CC3(CCCC3)C2)c1. The first-order valence-corrected chi connectivity index (χ1v) is 8.42. The van der Waals surface area contributed by atoms with Crippen LogP contribution < -0.4 is 0 Å². The van der Waals surface area contributed by atoms with Gasteiger partial charge in [0, 0.05) is 0 Å². The summed E-state index contributed by atoms with van der Waals surface area (Å²) in [6.45, 7) is 1.96. The second-order valence-electron chi connectivity index (χ2n) is 6.33. The van der Waals surface area contributed by atoms with Crippen molar-refractivity contribution in [2.45, 2.75) is 56.3 Å². The van der Waals surface area contributed by atoms with E-state index in [4.69, 9.17) is 0 Å². The average molecular weight is 280 g/mol. The predicted octanol–water partition coefficient (Wildman–Crippen LogP) is 3.68. The Morgan fingerprint density at radius 1 is 1.21 bits per heavy atom. The summed E-state index contributed by atoms with van der Waals surface area (Å²) in [5, 5.41) is 0. The molecule has 19 heavy (non-hydrogen) atoms. The highest BCUT2D eigenvalue weighted by Crippen LogP contribution is 2.60. The highest BCUT2D eigenvalue weighted by Gasteiger charge is 2.47. The molecule has 0 atom stereocenters. The molecule has 0 bridgehead atoms. The van der Waals surface area contributed by atoms with Gasteiger partial charge < -0.3 is 0 Å². The van der Waals surface area contributed by atoms with Gasteiger partial charge in [-0.3, -0.25) is 4.55 Å². The van der Waals surface area contributed by atoms with Crippen LogP contribution in [-0.4, -0.2) is 13.0 Å². The second kappa shape index (κ2) is 4.32. The van der Waals surface area contributed by atoms with Gasteiger partial charge in [0.2, 0.25) is 0 Å². The van der Waals surface area contributed by atoms with Gasteiger partial charge in [-0.2, -0.15) is 8.42 Å². The molecular formula is C15H20O3S. The monoisotopic (exact) mass is 280 g/mol.